The number of aromatic amines is 1. The van der Waals surface area contributed by atoms with E-state index in [4.69, 9.17) is 0 Å². The van der Waals surface area contributed by atoms with Gasteiger partial charge in [0.15, 0.2) is 0 Å². The lowest BCUT2D eigenvalue weighted by molar-refractivity contribution is -0.389. The molecular formula is C8H9N3O4. The Bertz CT molecular complexity index is 396. The third-order valence-electron chi connectivity index (χ3n) is 1.44. The van der Waals surface area contributed by atoms with Gasteiger partial charge in [-0.2, -0.15) is 0 Å². The molecule has 0 aliphatic heterocycles. The van der Waals surface area contributed by atoms with E-state index in [1.165, 1.54) is 6.08 Å². The summed E-state index contributed by atoms with van der Waals surface area (Å²) in [5.74, 6) is -0.509. The van der Waals surface area contributed by atoms with Crippen molar-refractivity contribution in [2.75, 3.05) is 6.61 Å². The number of nitrogens with zero attached hydrogens (tertiary/aromatic N) is 2. The molecule has 0 saturated carbocycles. The molecule has 15 heavy (non-hydrogen) atoms. The Morgan fingerprint density at radius 1 is 1.80 bits per heavy atom. The number of esters is 1. The third kappa shape index (κ3) is 3.22. The molecule has 7 nitrogen and oxygen atoms in total. The van der Waals surface area contributed by atoms with Crippen molar-refractivity contribution in [1.29, 1.82) is 0 Å². The van der Waals surface area contributed by atoms with Gasteiger partial charge >= 0.3 is 11.8 Å². The molecule has 0 radical (unpaired) electrons. The van der Waals surface area contributed by atoms with Crippen LogP contribution in [0.2, 0.25) is 0 Å². The van der Waals surface area contributed by atoms with Crippen molar-refractivity contribution in [1.82, 2.24) is 9.97 Å². The maximum Gasteiger partial charge on any atom is 0.340 e. The summed E-state index contributed by atoms with van der Waals surface area (Å²) in [7, 11) is 0. The van der Waals surface area contributed by atoms with Gasteiger partial charge in [0.2, 0.25) is 5.82 Å². The Hall–Kier alpha value is -2.18. The van der Waals surface area contributed by atoms with E-state index in [2.05, 4.69) is 14.7 Å². The molecule has 80 valence electrons. The van der Waals surface area contributed by atoms with E-state index < -0.39 is 10.9 Å². The van der Waals surface area contributed by atoms with Gasteiger partial charge in [-0.1, -0.05) is 0 Å². The second kappa shape index (κ2) is 4.89. The number of nitro groups is 1. The van der Waals surface area contributed by atoms with Crippen LogP contribution in [0.4, 0.5) is 5.82 Å². The predicted octanol–water partition coefficient (Wildman–Crippen LogP) is 0.894. The van der Waals surface area contributed by atoms with Gasteiger partial charge in [-0.05, 0) is 11.8 Å². The van der Waals surface area contributed by atoms with E-state index in [0.29, 0.717) is 0 Å². The van der Waals surface area contributed by atoms with Gasteiger partial charge < -0.3 is 14.9 Å². The fourth-order valence-corrected chi connectivity index (χ4v) is 0.841. The zero-order chi connectivity index (χ0) is 11.3. The lowest BCUT2D eigenvalue weighted by Crippen LogP contribution is -1.98. The molecule has 0 spiro atoms. The summed E-state index contributed by atoms with van der Waals surface area (Å²) in [6.45, 7) is 1.96. The highest BCUT2D eigenvalue weighted by atomic mass is 16.6. The summed E-state index contributed by atoms with van der Waals surface area (Å²) >= 11 is 0. The monoisotopic (exact) mass is 211 g/mol. The van der Waals surface area contributed by atoms with Crippen LogP contribution in [0, 0.1) is 10.1 Å². The molecule has 0 amide bonds. The standard InChI is InChI=1S/C8H9N3O4/c1-2-15-8(12)4-3-6-9-5-7(10-6)11(13)14/h3-5H,2H2,1H3,(H,9,10). The zero-order valence-electron chi connectivity index (χ0n) is 7.97. The fourth-order valence-electron chi connectivity index (χ4n) is 0.841. The SMILES string of the molecule is CCOC(=O)C=Cc1ncc([N+](=O)[O-])[nH]1. The summed E-state index contributed by atoms with van der Waals surface area (Å²) in [6.07, 6.45) is 3.53. The first-order valence-corrected chi connectivity index (χ1v) is 4.17. The number of imidazole rings is 1. The molecule has 0 bridgehead atoms. The lowest BCUT2D eigenvalue weighted by atomic mass is 10.5. The van der Waals surface area contributed by atoms with Crippen molar-refractivity contribution in [3.8, 4) is 0 Å². The first kappa shape index (κ1) is 10.9. The highest BCUT2D eigenvalue weighted by Gasteiger charge is 2.07. The van der Waals surface area contributed by atoms with Gasteiger partial charge in [0.25, 0.3) is 0 Å². The van der Waals surface area contributed by atoms with Crippen LogP contribution in [0.25, 0.3) is 6.08 Å². The van der Waals surface area contributed by atoms with Gasteiger partial charge in [-0.25, -0.2) is 14.8 Å². The second-order valence-corrected chi connectivity index (χ2v) is 2.50. The number of aromatic nitrogens is 2. The minimum atomic E-state index is -0.602. The van der Waals surface area contributed by atoms with Crippen LogP contribution in [0.5, 0.6) is 0 Å². The molecule has 1 aromatic rings. The zero-order valence-corrected chi connectivity index (χ0v) is 7.97. The predicted molar refractivity (Wildman–Crippen MR) is 50.9 cm³/mol. The average Bonchev–Trinajstić information content (AvgIpc) is 2.63. The Kier molecular flexibility index (Phi) is 3.55. The lowest BCUT2D eigenvalue weighted by Gasteiger charge is -1.92. The van der Waals surface area contributed by atoms with Gasteiger partial charge in [0.1, 0.15) is 6.20 Å². The summed E-state index contributed by atoms with van der Waals surface area (Å²) in [6, 6.07) is 0. The van der Waals surface area contributed by atoms with Crippen molar-refractivity contribution in [3.05, 3.63) is 28.2 Å². The quantitative estimate of drug-likeness (QED) is 0.345. The van der Waals surface area contributed by atoms with Crippen LogP contribution in [0.3, 0.4) is 0 Å². The van der Waals surface area contributed by atoms with Crippen LogP contribution >= 0.6 is 0 Å². The maximum absolute atomic E-state index is 10.9. The second-order valence-electron chi connectivity index (χ2n) is 2.50. The van der Waals surface area contributed by atoms with Crippen molar-refractivity contribution in [2.24, 2.45) is 0 Å². The van der Waals surface area contributed by atoms with Gasteiger partial charge in [-0.3, -0.25) is 0 Å². The summed E-state index contributed by atoms with van der Waals surface area (Å²) < 4.78 is 4.62. The Morgan fingerprint density at radius 3 is 3.07 bits per heavy atom. The van der Waals surface area contributed by atoms with E-state index in [9.17, 15) is 14.9 Å². The van der Waals surface area contributed by atoms with Gasteiger partial charge in [-0.15, -0.1) is 0 Å². The Balaban J connectivity index is 2.64. The molecule has 1 rings (SSSR count). The first-order valence-electron chi connectivity index (χ1n) is 4.17. The van der Waals surface area contributed by atoms with Crippen molar-refractivity contribution < 1.29 is 14.5 Å². The van der Waals surface area contributed by atoms with Crippen molar-refractivity contribution in [3.63, 3.8) is 0 Å². The highest BCUT2D eigenvalue weighted by Crippen LogP contribution is 2.06. The summed E-state index contributed by atoms with van der Waals surface area (Å²) in [5, 5.41) is 10.3. The molecule has 0 aliphatic rings. The fraction of sp³-hybridized carbons (Fsp3) is 0.250. The molecule has 1 heterocycles. The van der Waals surface area contributed by atoms with Crippen molar-refractivity contribution in [2.45, 2.75) is 6.92 Å². The van der Waals surface area contributed by atoms with Gasteiger partial charge in [0, 0.05) is 12.2 Å². The summed E-state index contributed by atoms with van der Waals surface area (Å²) in [4.78, 5) is 26.6. The normalized spacial score (nSPS) is 10.5. The van der Waals surface area contributed by atoms with Crippen LogP contribution in [0.15, 0.2) is 12.3 Å². The van der Waals surface area contributed by atoms with E-state index in [1.54, 1.807) is 6.92 Å². The van der Waals surface area contributed by atoms with E-state index >= 15 is 0 Å². The molecule has 0 fully saturated rings. The Morgan fingerprint density at radius 2 is 2.53 bits per heavy atom. The Labute approximate surface area is 84.9 Å². The van der Waals surface area contributed by atoms with E-state index in [-0.39, 0.29) is 18.2 Å². The number of hydrogen-bond acceptors (Lipinski definition) is 5. The minimum absolute atomic E-state index is 0.224. The van der Waals surface area contributed by atoms with Crippen LogP contribution in [0.1, 0.15) is 12.7 Å². The molecule has 1 aromatic heterocycles. The largest absolute Gasteiger partial charge is 0.463 e. The highest BCUT2D eigenvalue weighted by molar-refractivity contribution is 5.86. The molecule has 0 atom stereocenters. The topological polar surface area (TPSA) is 98.1 Å². The first-order chi connectivity index (χ1) is 7.13. The number of carbonyl (C=O) groups is 1. The number of ether oxygens (including phenoxy) is 1. The summed E-state index contributed by atoms with van der Waals surface area (Å²) in [5.41, 5.74) is 0. The molecular weight excluding hydrogens is 202 g/mol. The number of carbonyl (C=O) groups excluding carboxylic acids is 1. The maximum atomic E-state index is 10.9. The van der Waals surface area contributed by atoms with E-state index in [1.807, 2.05) is 0 Å². The molecule has 0 saturated heterocycles. The van der Waals surface area contributed by atoms with Crippen molar-refractivity contribution >= 4 is 17.9 Å². The molecule has 1 N–H and O–H groups in total. The average molecular weight is 211 g/mol. The molecule has 0 aliphatic carbocycles. The smallest absolute Gasteiger partial charge is 0.340 e. The number of hydrogen-bond donors (Lipinski definition) is 1. The van der Waals surface area contributed by atoms with Crippen LogP contribution in [-0.4, -0.2) is 27.5 Å². The molecule has 0 aromatic carbocycles. The number of nitrogens with one attached hydrogen (secondary N) is 1. The molecule has 0 unspecified atom stereocenters. The number of rotatable bonds is 4. The van der Waals surface area contributed by atoms with Crippen LogP contribution in [-0.2, 0) is 9.53 Å². The third-order valence-corrected chi connectivity index (χ3v) is 1.44. The van der Waals surface area contributed by atoms with Crippen LogP contribution < -0.4 is 0 Å². The minimum Gasteiger partial charge on any atom is -0.463 e. The number of H-pyrrole nitrogens is 1. The van der Waals surface area contributed by atoms with E-state index in [0.717, 1.165) is 12.3 Å². The molecule has 7 heteroatoms. The van der Waals surface area contributed by atoms with Gasteiger partial charge in [0.05, 0.1) is 6.61 Å².